The van der Waals surface area contributed by atoms with Crippen LogP contribution >= 0.6 is 0 Å². The van der Waals surface area contributed by atoms with E-state index in [9.17, 15) is 0 Å². The van der Waals surface area contributed by atoms with Gasteiger partial charge in [0.1, 0.15) is 5.82 Å². The molecule has 7 nitrogen and oxygen atoms in total. The van der Waals surface area contributed by atoms with Crippen molar-refractivity contribution in [3.05, 3.63) is 42.0 Å². The number of hydrogen-bond acceptors (Lipinski definition) is 6. The van der Waals surface area contributed by atoms with E-state index in [-0.39, 0.29) is 0 Å². The van der Waals surface area contributed by atoms with Gasteiger partial charge >= 0.3 is 0 Å². The van der Waals surface area contributed by atoms with E-state index < -0.39 is 0 Å². The Bertz CT molecular complexity index is 846. The summed E-state index contributed by atoms with van der Waals surface area (Å²) in [4.78, 5) is 12.5. The molecule has 3 aliphatic rings. The monoisotopic (exact) mass is 411 g/mol. The first-order valence-corrected chi connectivity index (χ1v) is 11.4. The van der Waals surface area contributed by atoms with Crippen LogP contribution in [0.5, 0.6) is 11.5 Å². The van der Waals surface area contributed by atoms with Crippen molar-refractivity contribution in [2.75, 3.05) is 46.1 Å². The topological polar surface area (TPSA) is 46.0 Å². The van der Waals surface area contributed by atoms with Crippen molar-refractivity contribution in [2.45, 2.75) is 45.4 Å². The molecule has 0 amide bonds. The summed E-state index contributed by atoms with van der Waals surface area (Å²) in [6.45, 7) is 12.4. The van der Waals surface area contributed by atoms with E-state index >= 15 is 0 Å². The standard InChI is InChI=1S/C23H33N5O2/c1-2-27-9-7-24-23(27)17-26-8-3-4-20(16-26)28-12-10-25(11-13-28)15-19-5-6-21-22(14-19)30-18-29-21/h5-7,9,14,20H,2-4,8,10-13,15-18H2,1H3/t20-/m0/s1. The highest BCUT2D eigenvalue weighted by atomic mass is 16.7. The summed E-state index contributed by atoms with van der Waals surface area (Å²) in [5.74, 6) is 2.95. The molecule has 162 valence electrons. The maximum Gasteiger partial charge on any atom is 0.231 e. The number of benzene rings is 1. The van der Waals surface area contributed by atoms with E-state index in [1.807, 2.05) is 12.3 Å². The number of hydrogen-bond donors (Lipinski definition) is 0. The molecule has 0 radical (unpaired) electrons. The second kappa shape index (κ2) is 8.96. The summed E-state index contributed by atoms with van der Waals surface area (Å²) in [6, 6.07) is 7.01. The minimum atomic E-state index is 0.343. The van der Waals surface area contributed by atoms with Gasteiger partial charge in [-0.3, -0.25) is 14.7 Å². The van der Waals surface area contributed by atoms with Gasteiger partial charge in [-0.05, 0) is 44.0 Å². The summed E-state index contributed by atoms with van der Waals surface area (Å²) in [7, 11) is 0. The molecule has 30 heavy (non-hydrogen) atoms. The molecule has 5 rings (SSSR count). The Kier molecular flexibility index (Phi) is 5.93. The molecule has 0 saturated carbocycles. The summed E-state index contributed by atoms with van der Waals surface area (Å²) in [5, 5.41) is 0. The van der Waals surface area contributed by atoms with Gasteiger partial charge < -0.3 is 14.0 Å². The predicted molar refractivity (Wildman–Crippen MR) is 116 cm³/mol. The van der Waals surface area contributed by atoms with Crippen LogP contribution in [0.3, 0.4) is 0 Å². The van der Waals surface area contributed by atoms with Crippen LogP contribution in [-0.2, 0) is 19.6 Å². The third-order valence-electron chi connectivity index (χ3n) is 6.75. The molecule has 7 heteroatoms. The Morgan fingerprint density at radius 1 is 1.00 bits per heavy atom. The van der Waals surface area contributed by atoms with Gasteiger partial charge in [-0.15, -0.1) is 0 Å². The van der Waals surface area contributed by atoms with Crippen molar-refractivity contribution in [2.24, 2.45) is 0 Å². The van der Waals surface area contributed by atoms with Crippen molar-refractivity contribution in [1.82, 2.24) is 24.3 Å². The van der Waals surface area contributed by atoms with Crippen molar-refractivity contribution >= 4 is 0 Å². The van der Waals surface area contributed by atoms with Gasteiger partial charge in [0.05, 0.1) is 6.54 Å². The van der Waals surface area contributed by atoms with Gasteiger partial charge in [0.15, 0.2) is 11.5 Å². The summed E-state index contributed by atoms with van der Waals surface area (Å²) < 4.78 is 13.2. The SMILES string of the molecule is CCn1ccnc1CN1CCC[C@H](N2CCN(Cc3ccc4c(c3)OCO4)CC2)C1. The third-order valence-corrected chi connectivity index (χ3v) is 6.75. The highest BCUT2D eigenvalue weighted by molar-refractivity contribution is 5.44. The maximum absolute atomic E-state index is 5.53. The zero-order valence-electron chi connectivity index (χ0n) is 18.0. The molecule has 1 atom stereocenters. The third kappa shape index (κ3) is 4.33. The van der Waals surface area contributed by atoms with E-state index in [1.54, 1.807) is 0 Å². The number of aryl methyl sites for hydroxylation is 1. The highest BCUT2D eigenvalue weighted by Gasteiger charge is 2.28. The minimum Gasteiger partial charge on any atom is -0.454 e. The number of ether oxygens (including phenoxy) is 2. The fourth-order valence-electron chi connectivity index (χ4n) is 5.04. The molecule has 0 spiro atoms. The number of likely N-dealkylation sites (tertiary alicyclic amines) is 1. The van der Waals surface area contributed by atoms with Crippen LogP contribution in [0.1, 0.15) is 31.2 Å². The van der Waals surface area contributed by atoms with E-state index in [1.165, 1.54) is 37.3 Å². The van der Waals surface area contributed by atoms with Crippen molar-refractivity contribution < 1.29 is 9.47 Å². The van der Waals surface area contributed by atoms with E-state index in [2.05, 4.69) is 49.5 Å². The molecule has 0 bridgehead atoms. The Morgan fingerprint density at radius 3 is 2.73 bits per heavy atom. The second-order valence-corrected chi connectivity index (χ2v) is 8.66. The van der Waals surface area contributed by atoms with Crippen LogP contribution < -0.4 is 9.47 Å². The number of piperazine rings is 1. The van der Waals surface area contributed by atoms with Gasteiger partial charge in [0.25, 0.3) is 0 Å². The molecule has 0 aliphatic carbocycles. The number of fused-ring (bicyclic) bond motifs is 1. The zero-order chi connectivity index (χ0) is 20.3. The van der Waals surface area contributed by atoms with Crippen LogP contribution in [0.2, 0.25) is 0 Å². The zero-order valence-corrected chi connectivity index (χ0v) is 18.0. The molecular weight excluding hydrogens is 378 g/mol. The largest absolute Gasteiger partial charge is 0.454 e. The van der Waals surface area contributed by atoms with E-state index in [4.69, 9.17) is 9.47 Å². The number of imidazole rings is 1. The Balaban J connectivity index is 1.12. The molecule has 4 heterocycles. The maximum atomic E-state index is 5.53. The molecule has 0 N–H and O–H groups in total. The van der Waals surface area contributed by atoms with Gasteiger partial charge in [0, 0.05) is 64.2 Å². The number of aromatic nitrogens is 2. The quantitative estimate of drug-likeness (QED) is 0.728. The van der Waals surface area contributed by atoms with Crippen LogP contribution in [0.25, 0.3) is 0 Å². The molecule has 1 aromatic carbocycles. The molecule has 1 aromatic heterocycles. The normalized spacial score (nSPS) is 23.2. The smallest absolute Gasteiger partial charge is 0.231 e. The highest BCUT2D eigenvalue weighted by Crippen LogP contribution is 2.33. The van der Waals surface area contributed by atoms with Crippen LogP contribution in [0.15, 0.2) is 30.6 Å². The van der Waals surface area contributed by atoms with Crippen LogP contribution in [0, 0.1) is 0 Å². The first-order valence-electron chi connectivity index (χ1n) is 11.4. The van der Waals surface area contributed by atoms with Gasteiger partial charge in [-0.1, -0.05) is 6.07 Å². The average Bonchev–Trinajstić information content (AvgIpc) is 3.43. The summed E-state index contributed by atoms with van der Waals surface area (Å²) in [6.07, 6.45) is 6.63. The Morgan fingerprint density at radius 2 is 1.87 bits per heavy atom. The Hall–Kier alpha value is -2.09. The van der Waals surface area contributed by atoms with Gasteiger partial charge in [0.2, 0.25) is 6.79 Å². The van der Waals surface area contributed by atoms with E-state index in [0.717, 1.165) is 57.3 Å². The molecule has 2 fully saturated rings. The number of rotatable bonds is 6. The summed E-state index contributed by atoms with van der Waals surface area (Å²) in [5.41, 5.74) is 1.31. The molecule has 2 aromatic rings. The predicted octanol–water partition coefficient (Wildman–Crippen LogP) is 2.41. The number of nitrogens with zero attached hydrogens (tertiary/aromatic N) is 5. The van der Waals surface area contributed by atoms with E-state index in [0.29, 0.717) is 12.8 Å². The number of piperidine rings is 1. The first kappa shape index (κ1) is 19.8. The van der Waals surface area contributed by atoms with Crippen molar-refractivity contribution in [3.63, 3.8) is 0 Å². The lowest BCUT2D eigenvalue weighted by molar-refractivity contribution is 0.0467. The second-order valence-electron chi connectivity index (χ2n) is 8.66. The Labute approximate surface area is 179 Å². The van der Waals surface area contributed by atoms with Crippen molar-refractivity contribution in [3.8, 4) is 11.5 Å². The first-order chi connectivity index (χ1) is 14.8. The fourth-order valence-corrected chi connectivity index (χ4v) is 5.04. The van der Waals surface area contributed by atoms with Crippen LogP contribution in [-0.4, -0.2) is 76.4 Å². The van der Waals surface area contributed by atoms with Gasteiger partial charge in [-0.25, -0.2) is 4.98 Å². The lowest BCUT2D eigenvalue weighted by Gasteiger charge is -2.43. The lowest BCUT2D eigenvalue weighted by Crippen LogP contribution is -2.54. The molecular formula is C23H33N5O2. The average molecular weight is 412 g/mol. The van der Waals surface area contributed by atoms with Crippen molar-refractivity contribution in [1.29, 1.82) is 0 Å². The lowest BCUT2D eigenvalue weighted by atomic mass is 10.0. The van der Waals surface area contributed by atoms with Gasteiger partial charge in [-0.2, -0.15) is 0 Å². The molecule has 2 saturated heterocycles. The minimum absolute atomic E-state index is 0.343. The molecule has 0 unspecified atom stereocenters. The molecule has 3 aliphatic heterocycles. The van der Waals surface area contributed by atoms with Crippen LogP contribution in [0.4, 0.5) is 0 Å². The fraction of sp³-hybridized carbons (Fsp3) is 0.609. The summed E-state index contributed by atoms with van der Waals surface area (Å²) >= 11 is 0.